The SMILES string of the molecule is CC(=O)N(C[C@H]1OC(c2cccc(Oc3ccccc3)c2)=NN1C(C)=O)c1ccc(Cl)cc1C. The van der Waals surface area contributed by atoms with Gasteiger partial charge in [-0.05, 0) is 61.0 Å². The summed E-state index contributed by atoms with van der Waals surface area (Å²) in [5.41, 5.74) is 2.18. The molecule has 1 aliphatic heterocycles. The highest BCUT2D eigenvalue weighted by molar-refractivity contribution is 6.30. The van der Waals surface area contributed by atoms with Crippen LogP contribution in [0.15, 0.2) is 77.9 Å². The van der Waals surface area contributed by atoms with Crippen LogP contribution in [0.5, 0.6) is 11.5 Å². The Morgan fingerprint density at radius 2 is 1.76 bits per heavy atom. The second-order valence-electron chi connectivity index (χ2n) is 7.84. The highest BCUT2D eigenvalue weighted by atomic mass is 35.5. The molecule has 3 aromatic carbocycles. The van der Waals surface area contributed by atoms with Crippen LogP contribution in [-0.2, 0) is 14.3 Å². The lowest BCUT2D eigenvalue weighted by molar-refractivity contribution is -0.135. The van der Waals surface area contributed by atoms with Crippen molar-refractivity contribution in [2.45, 2.75) is 27.0 Å². The first kappa shape index (κ1) is 23.3. The van der Waals surface area contributed by atoms with E-state index in [4.69, 9.17) is 21.1 Å². The summed E-state index contributed by atoms with van der Waals surface area (Å²) in [4.78, 5) is 26.4. The van der Waals surface area contributed by atoms with E-state index in [1.54, 1.807) is 29.2 Å². The summed E-state index contributed by atoms with van der Waals surface area (Å²) in [6.45, 7) is 4.84. The zero-order valence-corrected chi connectivity index (χ0v) is 19.8. The first-order chi connectivity index (χ1) is 16.3. The van der Waals surface area contributed by atoms with Gasteiger partial charge in [-0.15, -0.1) is 5.10 Å². The molecule has 0 radical (unpaired) electrons. The Balaban J connectivity index is 1.57. The predicted octanol–water partition coefficient (Wildman–Crippen LogP) is 5.36. The highest BCUT2D eigenvalue weighted by Crippen LogP contribution is 2.28. The first-order valence-corrected chi connectivity index (χ1v) is 11.1. The van der Waals surface area contributed by atoms with Crippen LogP contribution in [0.3, 0.4) is 0 Å². The zero-order valence-electron chi connectivity index (χ0n) is 19.1. The quantitative estimate of drug-likeness (QED) is 0.479. The molecular formula is C26H24ClN3O4. The molecule has 0 bridgehead atoms. The van der Waals surface area contributed by atoms with Gasteiger partial charge in [-0.1, -0.05) is 35.9 Å². The van der Waals surface area contributed by atoms with Gasteiger partial charge in [0.05, 0.1) is 6.54 Å². The maximum Gasteiger partial charge on any atom is 0.243 e. The number of hydrazone groups is 1. The van der Waals surface area contributed by atoms with E-state index in [2.05, 4.69) is 5.10 Å². The van der Waals surface area contributed by atoms with Crippen LogP contribution in [-0.4, -0.2) is 35.5 Å². The molecule has 4 rings (SSSR count). The number of aryl methyl sites for hydroxylation is 1. The van der Waals surface area contributed by atoms with E-state index in [9.17, 15) is 9.59 Å². The molecule has 0 aliphatic carbocycles. The van der Waals surface area contributed by atoms with E-state index in [-0.39, 0.29) is 24.3 Å². The van der Waals surface area contributed by atoms with Crippen LogP contribution in [0, 0.1) is 6.92 Å². The van der Waals surface area contributed by atoms with Crippen LogP contribution >= 0.6 is 11.6 Å². The molecule has 0 unspecified atom stereocenters. The molecular weight excluding hydrogens is 454 g/mol. The number of hydrogen-bond acceptors (Lipinski definition) is 5. The molecule has 2 amide bonds. The Labute approximate surface area is 203 Å². The Morgan fingerprint density at radius 3 is 2.44 bits per heavy atom. The average molecular weight is 478 g/mol. The van der Waals surface area contributed by atoms with E-state index in [0.717, 1.165) is 5.56 Å². The zero-order chi connectivity index (χ0) is 24.2. The molecule has 0 fully saturated rings. The Bertz CT molecular complexity index is 1250. The number of carbonyl (C=O) groups excluding carboxylic acids is 2. The molecule has 7 nitrogen and oxygen atoms in total. The maximum absolute atomic E-state index is 12.5. The molecule has 174 valence electrons. The molecule has 3 aromatic rings. The standard InChI is InChI=1S/C26H24ClN3O4/c1-17-14-21(27)12-13-24(17)29(18(2)31)16-25-30(19(3)32)28-26(34-25)20-8-7-11-23(15-20)33-22-9-5-4-6-10-22/h4-15,25H,16H2,1-3H3/t25-/m1/s1. The first-order valence-electron chi connectivity index (χ1n) is 10.7. The van der Waals surface area contributed by atoms with Gasteiger partial charge in [0.2, 0.25) is 23.9 Å². The summed E-state index contributed by atoms with van der Waals surface area (Å²) >= 11 is 6.08. The van der Waals surface area contributed by atoms with Gasteiger partial charge in [0, 0.05) is 30.1 Å². The monoisotopic (exact) mass is 477 g/mol. The second-order valence-corrected chi connectivity index (χ2v) is 8.28. The van der Waals surface area contributed by atoms with Gasteiger partial charge in [-0.25, -0.2) is 0 Å². The summed E-state index contributed by atoms with van der Waals surface area (Å²) in [5, 5.41) is 6.22. The van der Waals surface area contributed by atoms with Crippen molar-refractivity contribution in [2.24, 2.45) is 5.10 Å². The molecule has 0 saturated heterocycles. The van der Waals surface area contributed by atoms with Crippen molar-refractivity contribution in [3.8, 4) is 11.5 Å². The smallest absolute Gasteiger partial charge is 0.243 e. The Hall–Kier alpha value is -3.84. The van der Waals surface area contributed by atoms with Crippen molar-refractivity contribution in [3.05, 3.63) is 88.9 Å². The molecule has 0 spiro atoms. The number of ether oxygens (including phenoxy) is 2. The minimum absolute atomic E-state index is 0.102. The number of benzene rings is 3. The lowest BCUT2D eigenvalue weighted by Crippen LogP contribution is -2.44. The Kier molecular flexibility index (Phi) is 6.84. The van der Waals surface area contributed by atoms with Gasteiger partial charge in [-0.3, -0.25) is 9.59 Å². The number of carbonyl (C=O) groups is 2. The number of anilines is 1. The fourth-order valence-corrected chi connectivity index (χ4v) is 3.90. The van der Waals surface area contributed by atoms with Crippen molar-refractivity contribution >= 4 is 35.0 Å². The van der Waals surface area contributed by atoms with E-state index in [0.29, 0.717) is 27.8 Å². The fraction of sp³-hybridized carbons (Fsp3) is 0.192. The van der Waals surface area contributed by atoms with Crippen molar-refractivity contribution in [3.63, 3.8) is 0 Å². The molecule has 8 heteroatoms. The van der Waals surface area contributed by atoms with Crippen LogP contribution in [0.2, 0.25) is 5.02 Å². The van der Waals surface area contributed by atoms with Gasteiger partial charge in [0.1, 0.15) is 11.5 Å². The lowest BCUT2D eigenvalue weighted by atomic mass is 10.1. The third-order valence-corrected chi connectivity index (χ3v) is 5.51. The number of nitrogens with zero attached hydrogens (tertiary/aromatic N) is 3. The maximum atomic E-state index is 12.5. The summed E-state index contributed by atoms with van der Waals surface area (Å²) in [7, 11) is 0. The summed E-state index contributed by atoms with van der Waals surface area (Å²) in [6.07, 6.45) is -0.787. The second kappa shape index (κ2) is 9.97. The largest absolute Gasteiger partial charge is 0.457 e. The molecule has 0 aromatic heterocycles. The fourth-order valence-electron chi connectivity index (χ4n) is 3.67. The summed E-state index contributed by atoms with van der Waals surface area (Å²) in [5.74, 6) is 1.09. The van der Waals surface area contributed by atoms with Crippen molar-refractivity contribution in [1.82, 2.24) is 5.01 Å². The lowest BCUT2D eigenvalue weighted by Gasteiger charge is -2.28. The van der Waals surface area contributed by atoms with E-state index < -0.39 is 6.23 Å². The van der Waals surface area contributed by atoms with Crippen molar-refractivity contribution in [1.29, 1.82) is 0 Å². The molecule has 1 atom stereocenters. The average Bonchev–Trinajstić information content (AvgIpc) is 3.23. The summed E-state index contributed by atoms with van der Waals surface area (Å²) < 4.78 is 12.0. The highest BCUT2D eigenvalue weighted by Gasteiger charge is 2.34. The van der Waals surface area contributed by atoms with E-state index in [1.807, 2.05) is 55.5 Å². The molecule has 34 heavy (non-hydrogen) atoms. The van der Waals surface area contributed by atoms with Crippen LogP contribution in [0.25, 0.3) is 0 Å². The Morgan fingerprint density at radius 1 is 1.03 bits per heavy atom. The summed E-state index contributed by atoms with van der Waals surface area (Å²) in [6, 6.07) is 22.0. The van der Waals surface area contributed by atoms with Crippen molar-refractivity contribution in [2.75, 3.05) is 11.4 Å². The predicted molar refractivity (Wildman–Crippen MR) is 131 cm³/mol. The van der Waals surface area contributed by atoms with Gasteiger partial charge in [0.25, 0.3) is 0 Å². The number of para-hydroxylation sites is 1. The molecule has 0 saturated carbocycles. The van der Waals surface area contributed by atoms with Gasteiger partial charge in [-0.2, -0.15) is 5.01 Å². The third kappa shape index (κ3) is 5.21. The van der Waals surface area contributed by atoms with Gasteiger partial charge >= 0.3 is 0 Å². The van der Waals surface area contributed by atoms with Crippen LogP contribution in [0.4, 0.5) is 5.69 Å². The minimum atomic E-state index is -0.787. The molecule has 1 heterocycles. The van der Waals surface area contributed by atoms with E-state index >= 15 is 0 Å². The van der Waals surface area contributed by atoms with Crippen LogP contribution in [0.1, 0.15) is 25.0 Å². The van der Waals surface area contributed by atoms with Gasteiger partial charge in [0.15, 0.2) is 0 Å². The van der Waals surface area contributed by atoms with Crippen LogP contribution < -0.4 is 9.64 Å². The normalized spacial score (nSPS) is 14.9. The number of rotatable bonds is 6. The number of halogens is 1. The van der Waals surface area contributed by atoms with Gasteiger partial charge < -0.3 is 14.4 Å². The minimum Gasteiger partial charge on any atom is -0.457 e. The number of hydrogen-bond donors (Lipinski definition) is 0. The van der Waals surface area contributed by atoms with E-state index in [1.165, 1.54) is 18.9 Å². The third-order valence-electron chi connectivity index (χ3n) is 5.27. The molecule has 1 aliphatic rings. The topological polar surface area (TPSA) is 71.4 Å². The molecule has 0 N–H and O–H groups in total. The van der Waals surface area contributed by atoms with Crippen molar-refractivity contribution < 1.29 is 19.1 Å². The number of amides is 2.